The van der Waals surface area contributed by atoms with E-state index in [1.54, 1.807) is 0 Å². The molecule has 4 atom stereocenters. The summed E-state index contributed by atoms with van der Waals surface area (Å²) in [5.74, 6) is -0.495. The lowest BCUT2D eigenvalue weighted by Gasteiger charge is -2.31. The van der Waals surface area contributed by atoms with Gasteiger partial charge in [0.25, 0.3) is 0 Å². The van der Waals surface area contributed by atoms with Gasteiger partial charge in [0, 0.05) is 45.9 Å². The number of aryl methyl sites for hydroxylation is 1. The van der Waals surface area contributed by atoms with Crippen LogP contribution in [0.3, 0.4) is 0 Å². The van der Waals surface area contributed by atoms with Crippen molar-refractivity contribution in [2.75, 3.05) is 56.7 Å². The van der Waals surface area contributed by atoms with E-state index >= 15 is 0 Å². The molecular formula is C32H53N5O6. The zero-order valence-corrected chi connectivity index (χ0v) is 26.3. The predicted molar refractivity (Wildman–Crippen MR) is 169 cm³/mol. The fraction of sp³-hybridized carbons (Fsp3) is 0.688. The first kappa shape index (κ1) is 36.3. The second-order valence-electron chi connectivity index (χ2n) is 11.5. The Morgan fingerprint density at radius 1 is 1.19 bits per heavy atom. The number of anilines is 2. The van der Waals surface area contributed by atoms with Crippen molar-refractivity contribution < 1.29 is 29.0 Å². The van der Waals surface area contributed by atoms with Crippen LogP contribution in [0.4, 0.5) is 11.4 Å². The number of carbonyl (C=O) groups is 4. The molecule has 2 fully saturated rings. The van der Waals surface area contributed by atoms with Crippen molar-refractivity contribution in [2.45, 2.75) is 95.4 Å². The lowest BCUT2D eigenvalue weighted by atomic mass is 10.0. The van der Waals surface area contributed by atoms with Crippen molar-refractivity contribution in [1.82, 2.24) is 15.5 Å². The number of rotatable bonds is 20. The molecule has 0 bridgehead atoms. The van der Waals surface area contributed by atoms with Gasteiger partial charge in [-0.1, -0.05) is 25.5 Å². The Labute approximate surface area is 257 Å². The van der Waals surface area contributed by atoms with Gasteiger partial charge in [0.2, 0.25) is 18.7 Å². The third kappa shape index (κ3) is 10.7. The molecule has 2 saturated heterocycles. The number of aliphatic hydroxyl groups excluding tert-OH is 1. The Kier molecular flexibility index (Phi) is 17.0. The van der Waals surface area contributed by atoms with Gasteiger partial charge in [-0.25, -0.2) is 0 Å². The molecule has 2 aliphatic heterocycles. The van der Waals surface area contributed by atoms with E-state index in [1.807, 2.05) is 50.9 Å². The van der Waals surface area contributed by atoms with Gasteiger partial charge in [-0.15, -0.1) is 0 Å². The minimum atomic E-state index is -0.779. The van der Waals surface area contributed by atoms with Crippen molar-refractivity contribution in [3.05, 3.63) is 23.8 Å². The number of aliphatic hydroxyl groups is 1. The summed E-state index contributed by atoms with van der Waals surface area (Å²) < 4.78 is 6.20. The topological polar surface area (TPSA) is 132 Å². The van der Waals surface area contributed by atoms with Crippen LogP contribution in [0.1, 0.15) is 70.3 Å². The van der Waals surface area contributed by atoms with Gasteiger partial charge in [-0.3, -0.25) is 24.6 Å². The Bertz CT molecular complexity index is 980. The molecule has 2 heterocycles. The second kappa shape index (κ2) is 20.2. The van der Waals surface area contributed by atoms with Gasteiger partial charge < -0.3 is 29.8 Å². The molecule has 43 heavy (non-hydrogen) atoms. The number of hydrogen-bond donors (Lipinski definition) is 3. The van der Waals surface area contributed by atoms with Gasteiger partial charge >= 0.3 is 0 Å². The van der Waals surface area contributed by atoms with E-state index in [2.05, 4.69) is 15.5 Å². The average molecular weight is 604 g/mol. The molecule has 11 nitrogen and oxygen atoms in total. The van der Waals surface area contributed by atoms with Crippen molar-refractivity contribution in [3.8, 4) is 0 Å². The monoisotopic (exact) mass is 603 g/mol. The molecular weight excluding hydrogens is 550 g/mol. The van der Waals surface area contributed by atoms with Crippen LogP contribution in [0.25, 0.3) is 0 Å². The lowest BCUT2D eigenvalue weighted by molar-refractivity contribution is -0.127. The zero-order chi connectivity index (χ0) is 31.6. The van der Waals surface area contributed by atoms with Crippen LogP contribution < -0.4 is 20.4 Å². The van der Waals surface area contributed by atoms with Crippen LogP contribution >= 0.6 is 0 Å². The largest absolute Gasteiger partial charge is 0.396 e. The molecule has 0 spiro atoms. The number of ether oxygens (including phenoxy) is 1. The highest BCUT2D eigenvalue weighted by Crippen LogP contribution is 2.34. The van der Waals surface area contributed by atoms with Crippen LogP contribution in [0.2, 0.25) is 0 Å². The molecule has 11 heteroatoms. The fourth-order valence-electron chi connectivity index (χ4n) is 6.54. The molecule has 3 rings (SSSR count). The highest BCUT2D eigenvalue weighted by Gasteiger charge is 2.36. The quantitative estimate of drug-likeness (QED) is 0.152. The summed E-state index contributed by atoms with van der Waals surface area (Å²) in [7, 11) is 3.84. The van der Waals surface area contributed by atoms with Crippen LogP contribution in [-0.4, -0.2) is 107 Å². The van der Waals surface area contributed by atoms with Crippen LogP contribution in [-0.2, 0) is 30.3 Å². The van der Waals surface area contributed by atoms with Gasteiger partial charge in [-0.05, 0) is 82.5 Å². The molecule has 3 amide bonds. The highest BCUT2D eigenvalue weighted by molar-refractivity contribution is 5.98. The molecule has 1 aromatic carbocycles. The zero-order valence-electron chi connectivity index (χ0n) is 26.3. The third-order valence-corrected chi connectivity index (χ3v) is 8.48. The highest BCUT2D eigenvalue weighted by atomic mass is 16.5. The predicted octanol–water partition coefficient (Wildman–Crippen LogP) is 2.28. The first-order chi connectivity index (χ1) is 20.9. The summed E-state index contributed by atoms with van der Waals surface area (Å²) >= 11 is 0. The normalized spacial score (nSPS) is 19.1. The number of fused-ring (bicyclic) bond motifs is 1. The van der Waals surface area contributed by atoms with Crippen molar-refractivity contribution in [3.63, 3.8) is 0 Å². The standard InChI is InChI=1S/C31H51N5O5.CH2O/c1-4-8-29(31(40)33-22-38)36(23-39)28-12-5-9-24(30(28)34(2)3)10-7-20-41-27(16-19-37)15-17-32-21-26-14-13-25-11-6-18-35(25)26;1-2/h5,9,12,22-23,25-27,29,32,37H,4,6-8,10-11,13-21H2,1-3H3,(H,33,38,40);1H2. The van der Waals surface area contributed by atoms with E-state index in [4.69, 9.17) is 9.53 Å². The number of amides is 3. The molecule has 0 radical (unpaired) electrons. The van der Waals surface area contributed by atoms with E-state index in [-0.39, 0.29) is 12.7 Å². The number of carbonyl (C=O) groups excluding carboxylic acids is 4. The number of nitrogens with one attached hydrogen (secondary N) is 2. The Balaban J connectivity index is 0.00000316. The summed E-state index contributed by atoms with van der Waals surface area (Å²) in [6, 6.07) is 6.45. The smallest absolute Gasteiger partial charge is 0.249 e. The average Bonchev–Trinajstić information content (AvgIpc) is 3.63. The number of imide groups is 1. The van der Waals surface area contributed by atoms with Crippen LogP contribution in [0.5, 0.6) is 0 Å². The Hall–Kier alpha value is -2.86. The van der Waals surface area contributed by atoms with Crippen LogP contribution in [0.15, 0.2) is 18.2 Å². The first-order valence-corrected chi connectivity index (χ1v) is 15.7. The van der Waals surface area contributed by atoms with E-state index in [0.717, 1.165) is 49.6 Å². The minimum Gasteiger partial charge on any atom is -0.396 e. The summed E-state index contributed by atoms with van der Waals surface area (Å²) in [5, 5.41) is 15.4. The fourth-order valence-corrected chi connectivity index (χ4v) is 6.54. The number of benzene rings is 1. The van der Waals surface area contributed by atoms with E-state index < -0.39 is 11.9 Å². The third-order valence-electron chi connectivity index (χ3n) is 8.48. The molecule has 242 valence electrons. The van der Waals surface area contributed by atoms with Gasteiger partial charge in [0.1, 0.15) is 12.8 Å². The molecule has 1 aromatic rings. The first-order valence-electron chi connectivity index (χ1n) is 15.7. The lowest BCUT2D eigenvalue weighted by Crippen LogP contribution is -2.46. The van der Waals surface area contributed by atoms with E-state index in [1.165, 1.54) is 37.1 Å². The maximum absolute atomic E-state index is 12.6. The summed E-state index contributed by atoms with van der Waals surface area (Å²) in [6.07, 6.45) is 10.5. The molecule has 2 aliphatic rings. The second-order valence-corrected chi connectivity index (χ2v) is 11.5. The summed E-state index contributed by atoms with van der Waals surface area (Å²) in [5.41, 5.74) is 2.55. The molecule has 4 unspecified atom stereocenters. The van der Waals surface area contributed by atoms with Gasteiger partial charge in [0.15, 0.2) is 0 Å². The maximum atomic E-state index is 12.6. The summed E-state index contributed by atoms with van der Waals surface area (Å²) in [6.45, 7) is 7.76. The molecule has 0 aliphatic carbocycles. The molecule has 0 saturated carbocycles. The number of nitrogens with zero attached hydrogens (tertiary/aromatic N) is 3. The van der Waals surface area contributed by atoms with Crippen molar-refractivity contribution in [1.29, 1.82) is 0 Å². The Morgan fingerprint density at radius 3 is 2.65 bits per heavy atom. The van der Waals surface area contributed by atoms with E-state index in [0.29, 0.717) is 50.4 Å². The van der Waals surface area contributed by atoms with Crippen LogP contribution in [0, 0.1) is 0 Å². The van der Waals surface area contributed by atoms with Crippen molar-refractivity contribution in [2.24, 2.45) is 0 Å². The van der Waals surface area contributed by atoms with Gasteiger partial charge in [-0.2, -0.15) is 0 Å². The molecule has 3 N–H and O–H groups in total. The summed E-state index contributed by atoms with van der Waals surface area (Å²) in [4.78, 5) is 49.8. The van der Waals surface area contributed by atoms with E-state index in [9.17, 15) is 19.5 Å². The SMILES string of the molecule is C=O.CCCC(C(=O)NC=O)N(C=O)c1cccc(CCCOC(CCO)CCNCC2CCC3CCCN32)c1N(C)C. The number of para-hydroxylation sites is 1. The van der Waals surface area contributed by atoms with Gasteiger partial charge in [0.05, 0.1) is 17.5 Å². The minimum absolute atomic E-state index is 0.00644. The maximum Gasteiger partial charge on any atom is 0.249 e. The number of hydrogen-bond acceptors (Lipinski definition) is 9. The van der Waals surface area contributed by atoms with Crippen molar-refractivity contribution >= 4 is 36.9 Å². The molecule has 0 aromatic heterocycles. The Morgan fingerprint density at radius 2 is 1.98 bits per heavy atom.